The number of nitrogens with one attached hydrogen (secondary N) is 1. The van der Waals surface area contributed by atoms with Crippen LogP contribution < -0.4 is 10.1 Å². The predicted molar refractivity (Wildman–Crippen MR) is 109 cm³/mol. The van der Waals surface area contributed by atoms with Crippen LogP contribution in [0.2, 0.25) is 0 Å². The molecule has 1 aromatic rings. The maximum atomic E-state index is 12.0. The lowest BCUT2D eigenvalue weighted by Crippen LogP contribution is -2.61. The van der Waals surface area contributed by atoms with E-state index in [1.54, 1.807) is 39.0 Å². The molecule has 5 N–H and O–H groups in total. The summed E-state index contributed by atoms with van der Waals surface area (Å²) in [5.41, 5.74) is 0.530. The van der Waals surface area contributed by atoms with E-state index in [0.29, 0.717) is 11.3 Å². The number of carboxylic acid groups (broad SMARTS) is 1. The number of ether oxygens (including phenoxy) is 3. The molecule has 2 rings (SSSR count). The molecule has 5 unspecified atom stereocenters. The quantitative estimate of drug-likeness (QED) is 0.385. The molecule has 1 aromatic carbocycles. The Labute approximate surface area is 180 Å². The zero-order chi connectivity index (χ0) is 23.5. The third kappa shape index (κ3) is 6.30. The van der Waals surface area contributed by atoms with E-state index in [4.69, 9.17) is 14.2 Å². The molecule has 0 spiro atoms. The summed E-state index contributed by atoms with van der Waals surface area (Å²) in [6.07, 6.45) is -8.54. The zero-order valence-corrected chi connectivity index (χ0v) is 18.2. The van der Waals surface area contributed by atoms with Crippen LogP contribution in [0.15, 0.2) is 18.2 Å². The Morgan fingerprint density at radius 3 is 2.32 bits per heavy atom. The second-order valence-electron chi connectivity index (χ2n) is 8.81. The number of esters is 1. The van der Waals surface area contributed by atoms with Gasteiger partial charge >= 0.3 is 11.9 Å². The second-order valence-corrected chi connectivity index (χ2v) is 8.81. The molecule has 1 aliphatic rings. The standard InChI is InChI=1S/C21H31NO9/c1-10(2)22-12-8-11(9-29-20(28)21(3,4)5)6-7-13(12)30-19-16(25)14(23)15(24)17(31-19)18(26)27/h6-8,10,14-17,19,22-25H,9H2,1-5H3,(H,26,27). The fraction of sp³-hybridized carbons (Fsp3) is 0.619. The van der Waals surface area contributed by atoms with Crippen LogP contribution in [0.5, 0.6) is 5.75 Å². The van der Waals surface area contributed by atoms with Gasteiger partial charge in [0.2, 0.25) is 6.29 Å². The van der Waals surface area contributed by atoms with Crippen LogP contribution in [-0.4, -0.2) is 69.1 Å². The Morgan fingerprint density at radius 1 is 1.13 bits per heavy atom. The molecule has 10 nitrogen and oxygen atoms in total. The molecule has 0 aliphatic carbocycles. The van der Waals surface area contributed by atoms with Gasteiger partial charge in [-0.05, 0) is 52.3 Å². The van der Waals surface area contributed by atoms with Gasteiger partial charge in [-0.1, -0.05) is 6.07 Å². The van der Waals surface area contributed by atoms with Crippen LogP contribution in [0, 0.1) is 5.41 Å². The van der Waals surface area contributed by atoms with E-state index < -0.39 is 42.1 Å². The van der Waals surface area contributed by atoms with Crippen molar-refractivity contribution in [2.75, 3.05) is 5.32 Å². The number of aliphatic hydroxyl groups excluding tert-OH is 3. The van der Waals surface area contributed by atoms with Crippen molar-refractivity contribution in [3.05, 3.63) is 23.8 Å². The van der Waals surface area contributed by atoms with Crippen molar-refractivity contribution in [3.8, 4) is 5.75 Å². The van der Waals surface area contributed by atoms with Crippen molar-refractivity contribution in [1.82, 2.24) is 0 Å². The molecule has 1 aliphatic heterocycles. The van der Waals surface area contributed by atoms with Crippen molar-refractivity contribution in [2.24, 2.45) is 5.41 Å². The molecule has 0 amide bonds. The number of anilines is 1. The van der Waals surface area contributed by atoms with Gasteiger partial charge in [-0.3, -0.25) is 4.79 Å². The van der Waals surface area contributed by atoms with E-state index in [1.165, 1.54) is 0 Å². The fourth-order valence-corrected chi connectivity index (χ4v) is 2.83. The maximum absolute atomic E-state index is 12.0. The number of carbonyl (C=O) groups excluding carboxylic acids is 1. The Kier molecular flexibility index (Phi) is 7.87. The minimum atomic E-state index is -1.81. The molecule has 31 heavy (non-hydrogen) atoms. The molecular weight excluding hydrogens is 410 g/mol. The summed E-state index contributed by atoms with van der Waals surface area (Å²) >= 11 is 0. The number of hydrogen-bond donors (Lipinski definition) is 5. The highest BCUT2D eigenvalue weighted by atomic mass is 16.7. The number of aliphatic carboxylic acids is 1. The summed E-state index contributed by atoms with van der Waals surface area (Å²) in [7, 11) is 0. The van der Waals surface area contributed by atoms with Crippen LogP contribution in [0.4, 0.5) is 5.69 Å². The van der Waals surface area contributed by atoms with Gasteiger partial charge in [-0.15, -0.1) is 0 Å². The van der Waals surface area contributed by atoms with Gasteiger partial charge in [0.05, 0.1) is 11.1 Å². The van der Waals surface area contributed by atoms with E-state index in [1.807, 2.05) is 13.8 Å². The van der Waals surface area contributed by atoms with Gasteiger partial charge in [-0.25, -0.2) is 4.79 Å². The number of aliphatic hydroxyl groups is 3. The summed E-state index contributed by atoms with van der Waals surface area (Å²) in [6.45, 7) is 9.08. The van der Waals surface area contributed by atoms with Crippen molar-refractivity contribution in [1.29, 1.82) is 0 Å². The molecule has 5 atom stereocenters. The highest BCUT2D eigenvalue weighted by Gasteiger charge is 2.48. The van der Waals surface area contributed by atoms with Crippen molar-refractivity contribution in [3.63, 3.8) is 0 Å². The summed E-state index contributed by atoms with van der Waals surface area (Å²) in [5, 5.41) is 42.3. The highest BCUT2D eigenvalue weighted by Crippen LogP contribution is 2.31. The smallest absolute Gasteiger partial charge is 0.335 e. The van der Waals surface area contributed by atoms with Gasteiger partial charge in [0.1, 0.15) is 30.7 Å². The monoisotopic (exact) mass is 441 g/mol. The SMILES string of the molecule is CC(C)Nc1cc(COC(=O)C(C)(C)C)ccc1OC1OC(C(=O)O)C(O)C(O)C1O. The molecule has 10 heteroatoms. The zero-order valence-electron chi connectivity index (χ0n) is 18.2. The van der Waals surface area contributed by atoms with E-state index in [-0.39, 0.29) is 24.4 Å². The summed E-state index contributed by atoms with van der Waals surface area (Å²) in [6, 6.07) is 4.88. The van der Waals surface area contributed by atoms with E-state index in [0.717, 1.165) is 0 Å². The van der Waals surface area contributed by atoms with Crippen LogP contribution in [0.25, 0.3) is 0 Å². The Balaban J connectivity index is 2.22. The average molecular weight is 441 g/mol. The lowest BCUT2D eigenvalue weighted by Gasteiger charge is -2.38. The lowest BCUT2D eigenvalue weighted by atomic mass is 9.97. The van der Waals surface area contributed by atoms with Crippen LogP contribution >= 0.6 is 0 Å². The van der Waals surface area contributed by atoms with Crippen LogP contribution in [-0.2, 0) is 25.7 Å². The topological polar surface area (TPSA) is 155 Å². The number of carboxylic acids is 1. The van der Waals surface area contributed by atoms with Crippen molar-refractivity contribution in [2.45, 2.75) is 78.0 Å². The average Bonchev–Trinajstić information content (AvgIpc) is 2.66. The number of carbonyl (C=O) groups is 2. The predicted octanol–water partition coefficient (Wildman–Crippen LogP) is 0.867. The molecule has 1 fully saturated rings. The summed E-state index contributed by atoms with van der Waals surface area (Å²) < 4.78 is 16.2. The molecule has 1 saturated heterocycles. The molecule has 0 bridgehead atoms. The first-order valence-corrected chi connectivity index (χ1v) is 9.97. The third-order valence-corrected chi connectivity index (χ3v) is 4.53. The lowest BCUT2D eigenvalue weighted by molar-refractivity contribution is -0.271. The first-order chi connectivity index (χ1) is 14.3. The van der Waals surface area contributed by atoms with Gasteiger partial charge < -0.3 is 40.0 Å². The van der Waals surface area contributed by atoms with Gasteiger partial charge in [-0.2, -0.15) is 0 Å². The molecule has 0 aromatic heterocycles. The highest BCUT2D eigenvalue weighted by molar-refractivity contribution is 5.75. The second kappa shape index (κ2) is 9.82. The Hall–Kier alpha value is -2.40. The maximum Gasteiger partial charge on any atom is 0.335 e. The normalized spacial score (nSPS) is 26.4. The Morgan fingerprint density at radius 2 is 1.77 bits per heavy atom. The molecule has 0 saturated carbocycles. The first-order valence-electron chi connectivity index (χ1n) is 9.97. The van der Waals surface area contributed by atoms with Crippen LogP contribution in [0.3, 0.4) is 0 Å². The summed E-state index contributed by atoms with van der Waals surface area (Å²) in [4.78, 5) is 23.3. The number of rotatable bonds is 7. The Bertz CT molecular complexity index is 790. The fourth-order valence-electron chi connectivity index (χ4n) is 2.83. The summed E-state index contributed by atoms with van der Waals surface area (Å²) in [5.74, 6) is -1.63. The van der Waals surface area contributed by atoms with E-state index in [2.05, 4.69) is 5.32 Å². The number of hydrogen-bond acceptors (Lipinski definition) is 9. The van der Waals surface area contributed by atoms with Crippen molar-refractivity contribution < 1.29 is 44.2 Å². The minimum Gasteiger partial charge on any atom is -0.479 e. The molecule has 174 valence electrons. The first kappa shape index (κ1) is 24.9. The van der Waals surface area contributed by atoms with Crippen molar-refractivity contribution >= 4 is 17.6 Å². The molecule has 1 heterocycles. The van der Waals surface area contributed by atoms with E-state index in [9.17, 15) is 30.0 Å². The van der Waals surface area contributed by atoms with Crippen LogP contribution in [0.1, 0.15) is 40.2 Å². The van der Waals surface area contributed by atoms with Gasteiger partial charge in [0.15, 0.2) is 6.10 Å². The van der Waals surface area contributed by atoms with Gasteiger partial charge in [0.25, 0.3) is 0 Å². The molecular formula is C21H31NO9. The minimum absolute atomic E-state index is 0.00824. The number of benzene rings is 1. The van der Waals surface area contributed by atoms with Gasteiger partial charge in [0, 0.05) is 6.04 Å². The molecule has 0 radical (unpaired) electrons. The van der Waals surface area contributed by atoms with E-state index >= 15 is 0 Å². The largest absolute Gasteiger partial charge is 0.479 e. The third-order valence-electron chi connectivity index (χ3n) is 4.53.